The first-order valence-corrected chi connectivity index (χ1v) is 10.6. The Morgan fingerprint density at radius 1 is 1.39 bits per heavy atom. The standard InChI is InChI=1S/C23H22FN3O3S/c1-4-23(29)15-6-18-20-13(8-27(18)21(31)14(15)9-30-22(23)28)19(11(3)25)12-5-10(2)16(24)7-17(12)26-20/h5-7,11,29H,4,8-9,25H2,1-3H3/t11-,23-/m0/s1. The van der Waals surface area contributed by atoms with Crippen molar-refractivity contribution in [1.82, 2.24) is 9.55 Å². The van der Waals surface area contributed by atoms with Gasteiger partial charge < -0.3 is 20.1 Å². The van der Waals surface area contributed by atoms with Crippen molar-refractivity contribution in [2.24, 2.45) is 5.73 Å². The van der Waals surface area contributed by atoms with E-state index in [-0.39, 0.29) is 24.9 Å². The minimum atomic E-state index is -1.76. The van der Waals surface area contributed by atoms with Crippen LogP contribution in [0.15, 0.2) is 18.2 Å². The lowest BCUT2D eigenvalue weighted by Gasteiger charge is -2.32. The molecule has 6 nitrogen and oxygen atoms in total. The number of rotatable bonds is 2. The summed E-state index contributed by atoms with van der Waals surface area (Å²) in [5, 5.41) is 11.9. The molecule has 31 heavy (non-hydrogen) atoms. The fourth-order valence-corrected chi connectivity index (χ4v) is 5.09. The number of nitrogens with two attached hydrogens (primary N) is 1. The van der Waals surface area contributed by atoms with Gasteiger partial charge in [0.15, 0.2) is 5.60 Å². The van der Waals surface area contributed by atoms with Crippen molar-refractivity contribution in [3.05, 3.63) is 56.5 Å². The average Bonchev–Trinajstić information content (AvgIpc) is 3.08. The number of halogens is 1. The van der Waals surface area contributed by atoms with Crippen LogP contribution >= 0.6 is 12.2 Å². The van der Waals surface area contributed by atoms with Gasteiger partial charge in [-0.05, 0) is 43.5 Å². The predicted octanol–water partition coefficient (Wildman–Crippen LogP) is 3.92. The largest absolute Gasteiger partial charge is 0.458 e. The van der Waals surface area contributed by atoms with Crippen LogP contribution in [0.1, 0.15) is 54.1 Å². The first kappa shape index (κ1) is 20.2. The number of aliphatic hydroxyl groups is 1. The summed E-state index contributed by atoms with van der Waals surface area (Å²) in [4.78, 5) is 17.1. The fraction of sp³-hybridized carbons (Fsp3) is 0.348. The van der Waals surface area contributed by atoms with E-state index < -0.39 is 11.6 Å². The Bertz CT molecular complexity index is 1360. The van der Waals surface area contributed by atoms with Crippen LogP contribution in [0.5, 0.6) is 0 Å². The maximum atomic E-state index is 14.3. The fourth-order valence-electron chi connectivity index (χ4n) is 4.76. The number of cyclic esters (lactones) is 1. The molecule has 4 heterocycles. The van der Waals surface area contributed by atoms with E-state index in [4.69, 9.17) is 27.7 Å². The zero-order chi connectivity index (χ0) is 22.2. The lowest BCUT2D eigenvalue weighted by Crippen LogP contribution is -2.41. The van der Waals surface area contributed by atoms with Gasteiger partial charge in [-0.1, -0.05) is 19.1 Å². The summed E-state index contributed by atoms with van der Waals surface area (Å²) >= 11 is 5.74. The number of hydrogen-bond acceptors (Lipinski definition) is 6. The Kier molecular flexibility index (Phi) is 4.35. The summed E-state index contributed by atoms with van der Waals surface area (Å²) < 4.78 is 22.0. The normalized spacial score (nSPS) is 20.3. The van der Waals surface area contributed by atoms with E-state index in [1.807, 2.05) is 11.5 Å². The number of nitrogens with zero attached hydrogens (tertiary/aromatic N) is 2. The Morgan fingerprint density at radius 2 is 2.13 bits per heavy atom. The van der Waals surface area contributed by atoms with Crippen molar-refractivity contribution in [2.75, 3.05) is 0 Å². The molecule has 0 bridgehead atoms. The molecular weight excluding hydrogens is 417 g/mol. The Labute approximate surface area is 183 Å². The maximum Gasteiger partial charge on any atom is 0.343 e. The first-order chi connectivity index (χ1) is 14.7. The highest BCUT2D eigenvalue weighted by molar-refractivity contribution is 7.71. The van der Waals surface area contributed by atoms with E-state index in [9.17, 15) is 14.3 Å². The Morgan fingerprint density at radius 3 is 2.81 bits per heavy atom. The van der Waals surface area contributed by atoms with Crippen molar-refractivity contribution < 1.29 is 19.0 Å². The Balaban J connectivity index is 1.86. The van der Waals surface area contributed by atoms with E-state index in [1.165, 1.54) is 6.07 Å². The molecule has 0 radical (unpaired) electrons. The molecule has 0 spiro atoms. The highest BCUT2D eigenvalue weighted by Crippen LogP contribution is 2.43. The molecule has 0 fully saturated rings. The molecule has 0 unspecified atom stereocenters. The highest BCUT2D eigenvalue weighted by Gasteiger charge is 2.45. The number of ether oxygens (including phenoxy) is 1. The quantitative estimate of drug-likeness (QED) is 0.364. The van der Waals surface area contributed by atoms with E-state index in [1.54, 1.807) is 26.0 Å². The summed E-state index contributed by atoms with van der Waals surface area (Å²) in [6.45, 7) is 5.81. The number of aryl methyl sites for hydroxylation is 1. The number of fused-ring (bicyclic) bond motifs is 5. The molecular formula is C23H22FN3O3S. The van der Waals surface area contributed by atoms with Crippen LogP contribution in [-0.2, 0) is 28.3 Å². The molecule has 3 N–H and O–H groups in total. The predicted molar refractivity (Wildman–Crippen MR) is 116 cm³/mol. The van der Waals surface area contributed by atoms with Gasteiger partial charge in [0, 0.05) is 34.2 Å². The number of pyridine rings is 2. The van der Waals surface area contributed by atoms with Gasteiger partial charge in [-0.15, -0.1) is 0 Å². The number of benzene rings is 1. The third-order valence-electron chi connectivity index (χ3n) is 6.47. The molecule has 0 saturated carbocycles. The van der Waals surface area contributed by atoms with E-state index in [0.717, 1.165) is 16.5 Å². The van der Waals surface area contributed by atoms with E-state index in [2.05, 4.69) is 0 Å². The van der Waals surface area contributed by atoms with Crippen molar-refractivity contribution in [3.8, 4) is 11.4 Å². The zero-order valence-corrected chi connectivity index (χ0v) is 18.3. The van der Waals surface area contributed by atoms with Gasteiger partial charge in [-0.3, -0.25) is 0 Å². The molecule has 2 aromatic heterocycles. The maximum absolute atomic E-state index is 14.3. The second kappa shape index (κ2) is 6.66. The van der Waals surface area contributed by atoms with Crippen LogP contribution in [0.2, 0.25) is 0 Å². The van der Waals surface area contributed by atoms with Gasteiger partial charge in [-0.2, -0.15) is 0 Å². The van der Waals surface area contributed by atoms with Crippen LogP contribution in [0.25, 0.3) is 22.3 Å². The minimum Gasteiger partial charge on any atom is -0.458 e. The molecule has 5 rings (SSSR count). The molecule has 2 aliphatic rings. The first-order valence-electron chi connectivity index (χ1n) is 10.2. The molecule has 0 amide bonds. The van der Waals surface area contributed by atoms with Crippen LogP contribution in [0.3, 0.4) is 0 Å². The monoisotopic (exact) mass is 439 g/mol. The van der Waals surface area contributed by atoms with Gasteiger partial charge >= 0.3 is 5.97 Å². The van der Waals surface area contributed by atoms with Gasteiger partial charge in [-0.25, -0.2) is 14.2 Å². The molecule has 1 aromatic carbocycles. The minimum absolute atomic E-state index is 0.0197. The lowest BCUT2D eigenvalue weighted by atomic mass is 9.86. The number of hydrogen-bond donors (Lipinski definition) is 2. The number of carbonyl (C=O) groups excluding carboxylic acids is 1. The molecule has 0 aliphatic carbocycles. The number of carbonyl (C=O) groups is 1. The molecule has 8 heteroatoms. The molecule has 2 atom stereocenters. The second-order valence-corrected chi connectivity index (χ2v) is 8.75. The van der Waals surface area contributed by atoms with Crippen molar-refractivity contribution >= 4 is 29.1 Å². The van der Waals surface area contributed by atoms with Gasteiger partial charge in [0.1, 0.15) is 17.1 Å². The van der Waals surface area contributed by atoms with Gasteiger partial charge in [0.05, 0.1) is 23.4 Å². The summed E-state index contributed by atoms with van der Waals surface area (Å²) in [5.41, 5.74) is 9.88. The van der Waals surface area contributed by atoms with Gasteiger partial charge in [0.25, 0.3) is 0 Å². The third-order valence-corrected chi connectivity index (χ3v) is 6.93. The van der Waals surface area contributed by atoms with Crippen molar-refractivity contribution in [3.63, 3.8) is 0 Å². The second-order valence-electron chi connectivity index (χ2n) is 8.36. The van der Waals surface area contributed by atoms with Crippen LogP contribution < -0.4 is 5.73 Å². The molecule has 3 aromatic rings. The SMILES string of the molecule is CC[C@@]1(O)C(=O)OCc2c1cc1n(c2=S)Cc2c-1nc1cc(F)c(C)cc1c2[C@H](C)N. The molecule has 160 valence electrons. The summed E-state index contributed by atoms with van der Waals surface area (Å²) in [6.07, 6.45) is 0.157. The van der Waals surface area contributed by atoms with Crippen LogP contribution in [-0.4, -0.2) is 20.6 Å². The van der Waals surface area contributed by atoms with Gasteiger partial charge in [0.2, 0.25) is 0 Å². The average molecular weight is 440 g/mol. The van der Waals surface area contributed by atoms with Crippen molar-refractivity contribution in [1.29, 1.82) is 0 Å². The Hall–Kier alpha value is -2.68. The van der Waals surface area contributed by atoms with Crippen molar-refractivity contribution in [2.45, 2.75) is 52.0 Å². The highest BCUT2D eigenvalue weighted by atomic mass is 32.1. The lowest BCUT2D eigenvalue weighted by molar-refractivity contribution is -0.172. The summed E-state index contributed by atoms with van der Waals surface area (Å²) in [6, 6.07) is 4.67. The number of aromatic nitrogens is 2. The van der Waals surface area contributed by atoms with Crippen LogP contribution in [0, 0.1) is 17.4 Å². The summed E-state index contributed by atoms with van der Waals surface area (Å²) in [7, 11) is 0. The van der Waals surface area contributed by atoms with Crippen LogP contribution in [0.4, 0.5) is 4.39 Å². The third kappa shape index (κ3) is 2.65. The number of esters is 1. The smallest absolute Gasteiger partial charge is 0.343 e. The van der Waals surface area contributed by atoms with E-state index in [0.29, 0.717) is 44.8 Å². The topological polar surface area (TPSA) is 90.4 Å². The summed E-state index contributed by atoms with van der Waals surface area (Å²) in [5.74, 6) is -1.01. The van der Waals surface area contributed by atoms with E-state index >= 15 is 0 Å². The molecule has 2 aliphatic heterocycles. The zero-order valence-electron chi connectivity index (χ0n) is 17.5. The molecule has 0 saturated heterocycles.